The molecule has 1 unspecified atom stereocenters. The Morgan fingerprint density at radius 2 is 1.89 bits per heavy atom. The molecule has 0 aliphatic carbocycles. The van der Waals surface area contributed by atoms with Gasteiger partial charge in [0.15, 0.2) is 0 Å². The molecule has 1 heterocycles. The van der Waals surface area contributed by atoms with Crippen LogP contribution in [0.15, 0.2) is 41.5 Å². The van der Waals surface area contributed by atoms with Crippen LogP contribution in [0.2, 0.25) is 0 Å². The van der Waals surface area contributed by atoms with E-state index in [0.717, 1.165) is 16.7 Å². The minimum Gasteiger partial charge on any atom is -0.399 e. The summed E-state index contributed by atoms with van der Waals surface area (Å²) in [5, 5.41) is 25.3. The third-order valence-electron chi connectivity index (χ3n) is 4.74. The number of nitrogens with zero attached hydrogens (tertiary/aromatic N) is 2. The van der Waals surface area contributed by atoms with E-state index in [1.165, 1.54) is 12.1 Å². The van der Waals surface area contributed by atoms with Gasteiger partial charge in [0, 0.05) is 16.8 Å². The van der Waals surface area contributed by atoms with Gasteiger partial charge in [-0.15, -0.1) is 0 Å². The largest absolute Gasteiger partial charge is 0.399 e. The maximum atomic E-state index is 12.5. The van der Waals surface area contributed by atoms with Gasteiger partial charge >= 0.3 is 6.03 Å². The molecule has 2 aromatic carbocycles. The van der Waals surface area contributed by atoms with E-state index in [-0.39, 0.29) is 19.3 Å². The van der Waals surface area contributed by atoms with Crippen molar-refractivity contribution in [1.82, 2.24) is 10.5 Å². The van der Waals surface area contributed by atoms with Crippen molar-refractivity contribution >= 4 is 17.4 Å². The number of nitrogens with two attached hydrogens (primary N) is 1. The van der Waals surface area contributed by atoms with E-state index in [9.17, 15) is 15.0 Å². The van der Waals surface area contributed by atoms with E-state index >= 15 is 0 Å². The lowest BCUT2D eigenvalue weighted by atomic mass is 9.90. The van der Waals surface area contributed by atoms with Crippen LogP contribution in [0.4, 0.5) is 10.5 Å². The number of carbonyl (C=O) groups excluding carboxylic acids is 1. The lowest BCUT2D eigenvalue weighted by molar-refractivity contribution is 0.0805. The Bertz CT molecular complexity index is 896. The number of amides is 2. The summed E-state index contributed by atoms with van der Waals surface area (Å²) < 4.78 is 0. The van der Waals surface area contributed by atoms with E-state index in [1.54, 1.807) is 12.1 Å². The summed E-state index contributed by atoms with van der Waals surface area (Å²) >= 11 is 0. The maximum absolute atomic E-state index is 12.5. The SMILES string of the molecule is CONC(=O)N1N=C(c2ccc(N)cc2)c2cc(CO)c(CO)cc2CC1C. The summed E-state index contributed by atoms with van der Waals surface area (Å²) in [4.78, 5) is 17.2. The van der Waals surface area contributed by atoms with Gasteiger partial charge in [0.2, 0.25) is 0 Å². The number of aliphatic hydroxyl groups excluding tert-OH is 2. The van der Waals surface area contributed by atoms with Crippen LogP contribution in [0.1, 0.15) is 34.7 Å². The number of nitrogens with one attached hydrogen (secondary N) is 1. The van der Waals surface area contributed by atoms with Gasteiger partial charge in [-0.1, -0.05) is 18.2 Å². The molecule has 2 amide bonds. The lowest BCUT2D eigenvalue weighted by Crippen LogP contribution is -2.42. The molecule has 1 aliphatic rings. The van der Waals surface area contributed by atoms with Gasteiger partial charge in [-0.25, -0.2) is 15.3 Å². The number of hydrogen-bond donors (Lipinski definition) is 4. The van der Waals surface area contributed by atoms with Crippen LogP contribution in [0, 0.1) is 0 Å². The molecule has 2 aromatic rings. The van der Waals surface area contributed by atoms with Crippen LogP contribution in [-0.4, -0.2) is 40.1 Å². The number of hydroxylamine groups is 1. The van der Waals surface area contributed by atoms with Crippen LogP contribution >= 0.6 is 0 Å². The predicted molar refractivity (Wildman–Crippen MR) is 105 cm³/mol. The molecule has 0 bridgehead atoms. The molecule has 0 aromatic heterocycles. The topological polar surface area (TPSA) is 120 Å². The first-order valence-electron chi connectivity index (χ1n) is 8.92. The van der Waals surface area contributed by atoms with Gasteiger partial charge in [0.05, 0.1) is 32.1 Å². The number of carbonyl (C=O) groups is 1. The smallest absolute Gasteiger partial charge is 0.361 e. The number of rotatable bonds is 4. The van der Waals surface area contributed by atoms with Crippen molar-refractivity contribution < 1.29 is 19.8 Å². The number of aliphatic hydroxyl groups is 2. The van der Waals surface area contributed by atoms with Gasteiger partial charge < -0.3 is 15.9 Å². The summed E-state index contributed by atoms with van der Waals surface area (Å²) in [6.07, 6.45) is 0.521. The second-order valence-corrected chi connectivity index (χ2v) is 6.67. The van der Waals surface area contributed by atoms with E-state index in [4.69, 9.17) is 10.6 Å². The molecular formula is C20H24N4O4. The Balaban J connectivity index is 2.21. The van der Waals surface area contributed by atoms with Crippen LogP contribution in [0.3, 0.4) is 0 Å². The third kappa shape index (κ3) is 3.84. The van der Waals surface area contributed by atoms with Crippen molar-refractivity contribution in [3.05, 3.63) is 64.2 Å². The molecule has 8 heteroatoms. The Morgan fingerprint density at radius 3 is 2.50 bits per heavy atom. The van der Waals surface area contributed by atoms with Gasteiger partial charge in [-0.3, -0.25) is 4.84 Å². The van der Waals surface area contributed by atoms with Gasteiger partial charge in [-0.05, 0) is 48.2 Å². The average Bonchev–Trinajstić information content (AvgIpc) is 2.83. The quantitative estimate of drug-likeness (QED) is 0.471. The normalized spacial score (nSPS) is 16.2. The molecule has 1 atom stereocenters. The molecule has 8 nitrogen and oxygen atoms in total. The number of anilines is 1. The van der Waals surface area contributed by atoms with E-state index in [2.05, 4.69) is 10.6 Å². The van der Waals surface area contributed by atoms with Crippen molar-refractivity contribution in [2.75, 3.05) is 12.8 Å². The highest BCUT2D eigenvalue weighted by atomic mass is 16.6. The molecule has 0 saturated heterocycles. The van der Waals surface area contributed by atoms with Crippen LogP contribution in [-0.2, 0) is 24.5 Å². The fraction of sp³-hybridized carbons (Fsp3) is 0.300. The number of hydrazone groups is 1. The first-order chi connectivity index (χ1) is 13.5. The summed E-state index contributed by atoms with van der Waals surface area (Å²) in [7, 11) is 1.36. The van der Waals surface area contributed by atoms with E-state index in [0.29, 0.717) is 28.9 Å². The Kier molecular flexibility index (Phi) is 5.93. The summed E-state index contributed by atoms with van der Waals surface area (Å²) in [6.45, 7) is 1.49. The Morgan fingerprint density at radius 1 is 1.25 bits per heavy atom. The highest BCUT2D eigenvalue weighted by Gasteiger charge is 2.28. The lowest BCUT2D eigenvalue weighted by Gasteiger charge is -2.22. The molecule has 148 valence electrons. The van der Waals surface area contributed by atoms with Crippen molar-refractivity contribution in [3.8, 4) is 0 Å². The number of fused-ring (bicyclic) bond motifs is 1. The second kappa shape index (κ2) is 8.39. The molecule has 0 saturated carbocycles. The zero-order valence-electron chi connectivity index (χ0n) is 15.8. The molecule has 0 radical (unpaired) electrons. The van der Waals surface area contributed by atoms with Crippen molar-refractivity contribution in [2.24, 2.45) is 5.10 Å². The van der Waals surface area contributed by atoms with Crippen molar-refractivity contribution in [2.45, 2.75) is 32.6 Å². The van der Waals surface area contributed by atoms with E-state index in [1.807, 2.05) is 31.2 Å². The molecule has 3 rings (SSSR count). The minimum absolute atomic E-state index is 0.181. The first kappa shape index (κ1) is 19.8. The summed E-state index contributed by atoms with van der Waals surface area (Å²) in [6, 6.07) is 10.1. The first-order valence-corrected chi connectivity index (χ1v) is 8.92. The predicted octanol–water partition coefficient (Wildman–Crippen LogP) is 1.52. The molecule has 0 spiro atoms. The van der Waals surface area contributed by atoms with Gasteiger partial charge in [0.1, 0.15) is 0 Å². The summed E-state index contributed by atoms with van der Waals surface area (Å²) in [5.74, 6) is 0. The standard InChI is InChI=1S/C20H24N4O4/c1-12-7-14-8-15(10-25)16(11-26)9-18(14)19(13-3-5-17(21)6-4-13)22-24(12)20(27)23-28-2/h3-6,8-9,12,25-26H,7,10-11,21H2,1-2H3,(H,23,27). The number of nitrogen functional groups attached to an aromatic ring is 1. The molecule has 1 aliphatic heterocycles. The zero-order valence-corrected chi connectivity index (χ0v) is 15.8. The fourth-order valence-corrected chi connectivity index (χ4v) is 3.32. The Labute approximate surface area is 163 Å². The maximum Gasteiger partial charge on any atom is 0.361 e. The zero-order chi connectivity index (χ0) is 20.3. The molecule has 28 heavy (non-hydrogen) atoms. The highest BCUT2D eigenvalue weighted by molar-refractivity contribution is 6.14. The third-order valence-corrected chi connectivity index (χ3v) is 4.74. The second-order valence-electron chi connectivity index (χ2n) is 6.67. The van der Waals surface area contributed by atoms with Crippen LogP contribution < -0.4 is 11.2 Å². The Hall–Kier alpha value is -2.94. The van der Waals surface area contributed by atoms with Crippen LogP contribution in [0.5, 0.6) is 0 Å². The van der Waals surface area contributed by atoms with Crippen molar-refractivity contribution in [1.29, 1.82) is 0 Å². The molecular weight excluding hydrogens is 360 g/mol. The van der Waals surface area contributed by atoms with Crippen LogP contribution in [0.25, 0.3) is 0 Å². The number of urea groups is 1. The number of benzene rings is 2. The summed E-state index contributed by atoms with van der Waals surface area (Å²) in [5.41, 5.74) is 13.1. The molecule has 0 fully saturated rings. The average molecular weight is 384 g/mol. The monoisotopic (exact) mass is 384 g/mol. The fourth-order valence-electron chi connectivity index (χ4n) is 3.32. The van der Waals surface area contributed by atoms with Gasteiger partial charge in [0.25, 0.3) is 0 Å². The minimum atomic E-state index is -0.486. The number of hydrogen-bond acceptors (Lipinski definition) is 6. The van der Waals surface area contributed by atoms with Crippen molar-refractivity contribution in [3.63, 3.8) is 0 Å². The van der Waals surface area contributed by atoms with Gasteiger partial charge in [-0.2, -0.15) is 5.10 Å². The highest BCUT2D eigenvalue weighted by Crippen LogP contribution is 2.27. The van der Waals surface area contributed by atoms with E-state index < -0.39 is 6.03 Å². The molecule has 5 N–H and O–H groups in total.